The molecule has 2 unspecified atom stereocenters. The number of oxime groups is 1. The molecule has 4 heteroatoms. The molecule has 1 aromatic carbocycles. The average molecular weight is 249 g/mol. The van der Waals surface area contributed by atoms with Crippen molar-refractivity contribution in [3.8, 4) is 0 Å². The molecule has 0 saturated heterocycles. The Morgan fingerprint density at radius 2 is 1.94 bits per heavy atom. The summed E-state index contributed by atoms with van der Waals surface area (Å²) in [5.41, 5.74) is 8.17. The Bertz CT molecular complexity index is 387. The summed E-state index contributed by atoms with van der Waals surface area (Å²) in [5, 5.41) is 15.1. The zero-order chi connectivity index (χ0) is 13.5. The first-order valence-electron chi connectivity index (χ1n) is 6.44. The van der Waals surface area contributed by atoms with Crippen LogP contribution in [0.25, 0.3) is 0 Å². The van der Waals surface area contributed by atoms with Gasteiger partial charge in [0.1, 0.15) is 0 Å². The zero-order valence-corrected chi connectivity index (χ0v) is 11.4. The van der Waals surface area contributed by atoms with E-state index in [1.807, 2.05) is 6.92 Å². The molecule has 0 aliphatic heterocycles. The number of amidine groups is 1. The summed E-state index contributed by atoms with van der Waals surface area (Å²) in [6, 6.07) is 8.58. The minimum atomic E-state index is -0.101. The molecular weight excluding hydrogens is 226 g/mol. The van der Waals surface area contributed by atoms with Gasteiger partial charge in [0.2, 0.25) is 0 Å². The van der Waals surface area contributed by atoms with E-state index in [0.29, 0.717) is 0 Å². The summed E-state index contributed by atoms with van der Waals surface area (Å²) in [7, 11) is 0. The molecular formula is C14H23N3O. The van der Waals surface area contributed by atoms with Crippen molar-refractivity contribution in [2.24, 2.45) is 10.9 Å². The van der Waals surface area contributed by atoms with Gasteiger partial charge in [-0.3, -0.25) is 0 Å². The summed E-state index contributed by atoms with van der Waals surface area (Å²) < 4.78 is 0. The Morgan fingerprint density at radius 3 is 2.39 bits per heavy atom. The van der Waals surface area contributed by atoms with Crippen molar-refractivity contribution in [3.05, 3.63) is 35.4 Å². The van der Waals surface area contributed by atoms with Crippen LogP contribution in [-0.2, 0) is 6.42 Å². The van der Waals surface area contributed by atoms with Gasteiger partial charge in [0, 0.05) is 6.04 Å². The van der Waals surface area contributed by atoms with Gasteiger partial charge in [-0.15, -0.1) is 0 Å². The zero-order valence-electron chi connectivity index (χ0n) is 11.4. The van der Waals surface area contributed by atoms with Crippen LogP contribution in [0.5, 0.6) is 0 Å². The predicted octanol–water partition coefficient (Wildman–Crippen LogP) is 2.42. The van der Waals surface area contributed by atoms with Crippen LogP contribution in [0.4, 0.5) is 0 Å². The fraction of sp³-hybridized carbons (Fsp3) is 0.500. The van der Waals surface area contributed by atoms with E-state index in [9.17, 15) is 0 Å². The average Bonchev–Trinajstić information content (AvgIpc) is 2.43. The molecule has 0 bridgehead atoms. The summed E-state index contributed by atoms with van der Waals surface area (Å²) in [4.78, 5) is 0. The molecule has 0 heterocycles. The van der Waals surface area contributed by atoms with Crippen LogP contribution < -0.4 is 11.1 Å². The highest BCUT2D eigenvalue weighted by Gasteiger charge is 2.15. The first kappa shape index (κ1) is 14.5. The quantitative estimate of drug-likeness (QED) is 0.314. The Morgan fingerprint density at radius 1 is 1.33 bits per heavy atom. The third-order valence-electron chi connectivity index (χ3n) is 3.22. The van der Waals surface area contributed by atoms with Crippen molar-refractivity contribution in [2.75, 3.05) is 0 Å². The highest BCUT2D eigenvalue weighted by Crippen LogP contribution is 2.15. The van der Waals surface area contributed by atoms with Crippen LogP contribution in [0.3, 0.4) is 0 Å². The number of nitrogens with zero attached hydrogens (tertiary/aromatic N) is 1. The molecule has 0 aliphatic carbocycles. The number of rotatable bonds is 6. The van der Waals surface area contributed by atoms with Crippen molar-refractivity contribution >= 4 is 5.84 Å². The first-order valence-corrected chi connectivity index (χ1v) is 6.44. The van der Waals surface area contributed by atoms with Gasteiger partial charge in [-0.05, 0) is 30.9 Å². The van der Waals surface area contributed by atoms with E-state index in [0.717, 1.165) is 12.8 Å². The maximum atomic E-state index is 8.71. The van der Waals surface area contributed by atoms with Gasteiger partial charge in [-0.25, -0.2) is 0 Å². The fourth-order valence-electron chi connectivity index (χ4n) is 1.92. The molecule has 4 nitrogen and oxygen atoms in total. The number of hydrogen-bond donors (Lipinski definition) is 3. The van der Waals surface area contributed by atoms with Crippen molar-refractivity contribution < 1.29 is 5.21 Å². The second-order valence-corrected chi connectivity index (χ2v) is 4.47. The Hall–Kier alpha value is -1.55. The molecule has 0 radical (unpaired) electrons. The van der Waals surface area contributed by atoms with E-state index in [-0.39, 0.29) is 17.9 Å². The third kappa shape index (κ3) is 3.74. The fourth-order valence-corrected chi connectivity index (χ4v) is 1.92. The number of nitrogens with one attached hydrogen (secondary N) is 1. The van der Waals surface area contributed by atoms with Gasteiger partial charge in [-0.2, -0.15) is 0 Å². The van der Waals surface area contributed by atoms with E-state index in [1.165, 1.54) is 11.1 Å². The lowest BCUT2D eigenvalue weighted by atomic mass is 10.0. The van der Waals surface area contributed by atoms with Crippen molar-refractivity contribution in [2.45, 2.75) is 45.7 Å². The van der Waals surface area contributed by atoms with Crippen molar-refractivity contribution in [3.63, 3.8) is 0 Å². The van der Waals surface area contributed by atoms with E-state index in [2.05, 4.69) is 48.6 Å². The predicted molar refractivity (Wildman–Crippen MR) is 74.9 cm³/mol. The molecule has 1 rings (SSSR count). The first-order chi connectivity index (χ1) is 8.62. The second-order valence-electron chi connectivity index (χ2n) is 4.47. The van der Waals surface area contributed by atoms with Gasteiger partial charge < -0.3 is 16.3 Å². The van der Waals surface area contributed by atoms with Gasteiger partial charge >= 0.3 is 0 Å². The third-order valence-corrected chi connectivity index (χ3v) is 3.22. The molecule has 18 heavy (non-hydrogen) atoms. The van der Waals surface area contributed by atoms with Crippen molar-refractivity contribution in [1.29, 1.82) is 0 Å². The summed E-state index contributed by atoms with van der Waals surface area (Å²) in [6.07, 6.45) is 1.83. The van der Waals surface area contributed by atoms with Crippen molar-refractivity contribution in [1.82, 2.24) is 5.32 Å². The van der Waals surface area contributed by atoms with Gasteiger partial charge in [0.15, 0.2) is 5.84 Å². The lowest BCUT2D eigenvalue weighted by Crippen LogP contribution is -2.42. The van der Waals surface area contributed by atoms with Gasteiger partial charge in [0.05, 0.1) is 6.04 Å². The molecule has 0 fully saturated rings. The number of aryl methyl sites for hydroxylation is 1. The number of benzene rings is 1. The Labute approximate surface area is 109 Å². The maximum absolute atomic E-state index is 8.71. The van der Waals surface area contributed by atoms with Crippen LogP contribution >= 0.6 is 0 Å². The van der Waals surface area contributed by atoms with Gasteiger partial charge in [-0.1, -0.05) is 43.3 Å². The molecule has 0 spiro atoms. The highest BCUT2D eigenvalue weighted by molar-refractivity contribution is 5.85. The largest absolute Gasteiger partial charge is 0.409 e. The van der Waals surface area contributed by atoms with Gasteiger partial charge in [0.25, 0.3) is 0 Å². The minimum Gasteiger partial charge on any atom is -0.409 e. The lowest BCUT2D eigenvalue weighted by Gasteiger charge is -2.21. The molecule has 1 aromatic rings. The number of hydrogen-bond acceptors (Lipinski definition) is 3. The lowest BCUT2D eigenvalue weighted by molar-refractivity contribution is 0.313. The highest BCUT2D eigenvalue weighted by atomic mass is 16.4. The van der Waals surface area contributed by atoms with Crippen LogP contribution in [0.1, 0.15) is 44.4 Å². The standard InChI is InChI=1S/C14H23N3O/c1-4-11-6-8-12(9-7-11)10(3)16-13(5-2)14(15)17-18/h6-10,13,16,18H,4-5H2,1-3H3,(H2,15,17). The number of nitrogens with two attached hydrogens (primary N) is 1. The smallest absolute Gasteiger partial charge is 0.156 e. The maximum Gasteiger partial charge on any atom is 0.156 e. The SMILES string of the molecule is CCc1ccc(C(C)NC(CC)C(N)=NO)cc1. The molecule has 2 atom stereocenters. The monoisotopic (exact) mass is 249 g/mol. The van der Waals surface area contributed by atoms with Crippen LogP contribution in [0.2, 0.25) is 0 Å². The van der Waals surface area contributed by atoms with E-state index >= 15 is 0 Å². The molecule has 0 aliphatic rings. The summed E-state index contributed by atoms with van der Waals surface area (Å²) in [5.74, 6) is 0.231. The molecule has 100 valence electrons. The van der Waals surface area contributed by atoms with E-state index < -0.39 is 0 Å². The van der Waals surface area contributed by atoms with Crippen LogP contribution in [0, 0.1) is 0 Å². The van der Waals surface area contributed by atoms with Crippen LogP contribution in [0.15, 0.2) is 29.4 Å². The molecule has 0 saturated carbocycles. The molecule has 0 aromatic heterocycles. The minimum absolute atomic E-state index is 0.101. The van der Waals surface area contributed by atoms with E-state index in [4.69, 9.17) is 10.9 Å². The molecule has 4 N–H and O–H groups in total. The Kier molecular flexibility index (Phi) is 5.65. The summed E-state index contributed by atoms with van der Waals surface area (Å²) in [6.45, 7) is 6.22. The summed E-state index contributed by atoms with van der Waals surface area (Å²) >= 11 is 0. The van der Waals surface area contributed by atoms with E-state index in [1.54, 1.807) is 0 Å². The Balaban J connectivity index is 2.71. The normalized spacial score (nSPS) is 15.4. The second kappa shape index (κ2) is 7.01. The molecule has 0 amide bonds. The van der Waals surface area contributed by atoms with Crippen LogP contribution in [-0.4, -0.2) is 17.1 Å². The topological polar surface area (TPSA) is 70.6 Å².